The molecule has 118 valence electrons. The van der Waals surface area contributed by atoms with Crippen molar-refractivity contribution in [3.05, 3.63) is 0 Å². The molecule has 5 nitrogen and oxygen atoms in total. The van der Waals surface area contributed by atoms with Gasteiger partial charge in [0.05, 0.1) is 0 Å². The highest BCUT2D eigenvalue weighted by molar-refractivity contribution is 5.69. The Bertz CT molecular complexity index is 318. The first-order valence-electron chi connectivity index (χ1n) is 7.45. The summed E-state index contributed by atoms with van der Waals surface area (Å²) in [6.45, 7) is 12.6. The highest BCUT2D eigenvalue weighted by Crippen LogP contribution is 2.22. The fraction of sp³-hybridized carbons (Fsp3) is 0.933. The second-order valence-electron chi connectivity index (χ2n) is 7.45. The first kappa shape index (κ1) is 17.2. The van der Waals surface area contributed by atoms with Gasteiger partial charge in [-0.3, -0.25) is 0 Å². The van der Waals surface area contributed by atoms with Gasteiger partial charge < -0.3 is 20.1 Å². The van der Waals surface area contributed by atoms with E-state index in [1.165, 1.54) is 0 Å². The maximum atomic E-state index is 11.8. The number of hydrogen-bond acceptors (Lipinski definition) is 4. The predicted molar refractivity (Wildman–Crippen MR) is 79.7 cm³/mol. The van der Waals surface area contributed by atoms with E-state index in [2.05, 4.69) is 19.2 Å². The summed E-state index contributed by atoms with van der Waals surface area (Å²) in [5, 5.41) is 12.4. The molecule has 0 aliphatic carbocycles. The third-order valence-electron chi connectivity index (χ3n) is 3.41. The smallest absolute Gasteiger partial charge is 0.410 e. The SMILES string of the molecule is CC(C)(CCCO)CNC1CN(C(=O)OC(C)(C)C)C1. The summed E-state index contributed by atoms with van der Waals surface area (Å²) in [6.07, 6.45) is 1.61. The largest absolute Gasteiger partial charge is 0.444 e. The van der Waals surface area contributed by atoms with Crippen molar-refractivity contribution in [2.45, 2.75) is 59.1 Å². The quantitative estimate of drug-likeness (QED) is 0.784. The monoisotopic (exact) mass is 286 g/mol. The van der Waals surface area contributed by atoms with Crippen LogP contribution in [0.3, 0.4) is 0 Å². The van der Waals surface area contributed by atoms with Gasteiger partial charge in [-0.1, -0.05) is 13.8 Å². The number of likely N-dealkylation sites (tertiary alicyclic amines) is 1. The lowest BCUT2D eigenvalue weighted by molar-refractivity contribution is 0.00441. The van der Waals surface area contributed by atoms with Crippen LogP contribution in [0.4, 0.5) is 4.79 Å². The van der Waals surface area contributed by atoms with Crippen LogP contribution in [0.15, 0.2) is 0 Å². The van der Waals surface area contributed by atoms with Crippen molar-refractivity contribution in [3.63, 3.8) is 0 Å². The molecule has 1 heterocycles. The van der Waals surface area contributed by atoms with Crippen LogP contribution in [0.2, 0.25) is 0 Å². The Kier molecular flexibility index (Phi) is 5.83. The molecule has 0 atom stereocenters. The van der Waals surface area contributed by atoms with Crippen LogP contribution in [0.5, 0.6) is 0 Å². The highest BCUT2D eigenvalue weighted by Gasteiger charge is 2.34. The highest BCUT2D eigenvalue weighted by atomic mass is 16.6. The van der Waals surface area contributed by atoms with E-state index in [-0.39, 0.29) is 18.1 Å². The second kappa shape index (κ2) is 6.76. The molecule has 0 radical (unpaired) electrons. The number of amides is 1. The van der Waals surface area contributed by atoms with Crippen LogP contribution >= 0.6 is 0 Å². The van der Waals surface area contributed by atoms with Crippen molar-refractivity contribution in [2.24, 2.45) is 5.41 Å². The standard InChI is InChI=1S/C15H30N2O3/c1-14(2,3)20-13(19)17-9-12(10-17)16-11-15(4,5)7-6-8-18/h12,16,18H,6-11H2,1-5H3. The molecule has 1 rings (SSSR count). The molecule has 0 aromatic carbocycles. The maximum absolute atomic E-state index is 11.8. The van der Waals surface area contributed by atoms with Crippen LogP contribution in [-0.2, 0) is 4.74 Å². The first-order chi connectivity index (χ1) is 9.13. The molecule has 0 saturated carbocycles. The average Bonchev–Trinajstić information content (AvgIpc) is 2.21. The van der Waals surface area contributed by atoms with Gasteiger partial charge in [0.15, 0.2) is 0 Å². The number of aliphatic hydroxyl groups is 1. The fourth-order valence-electron chi connectivity index (χ4n) is 2.15. The van der Waals surface area contributed by atoms with E-state index in [0.29, 0.717) is 19.1 Å². The molecule has 0 unspecified atom stereocenters. The van der Waals surface area contributed by atoms with E-state index in [0.717, 1.165) is 19.4 Å². The molecule has 0 aromatic rings. The van der Waals surface area contributed by atoms with E-state index < -0.39 is 5.60 Å². The zero-order valence-electron chi connectivity index (χ0n) is 13.5. The van der Waals surface area contributed by atoms with Crippen molar-refractivity contribution >= 4 is 6.09 Å². The molecule has 20 heavy (non-hydrogen) atoms. The van der Waals surface area contributed by atoms with Crippen LogP contribution < -0.4 is 5.32 Å². The first-order valence-corrected chi connectivity index (χ1v) is 7.45. The zero-order valence-corrected chi connectivity index (χ0v) is 13.5. The zero-order chi connectivity index (χ0) is 15.4. The third kappa shape index (κ3) is 6.09. The Hall–Kier alpha value is -0.810. The van der Waals surface area contributed by atoms with Crippen molar-refractivity contribution in [2.75, 3.05) is 26.2 Å². The summed E-state index contributed by atoms with van der Waals surface area (Å²) in [5.74, 6) is 0. The van der Waals surface area contributed by atoms with Gasteiger partial charge in [0.25, 0.3) is 0 Å². The van der Waals surface area contributed by atoms with Gasteiger partial charge in [0.2, 0.25) is 0 Å². The number of nitrogens with one attached hydrogen (secondary N) is 1. The average molecular weight is 286 g/mol. The molecular weight excluding hydrogens is 256 g/mol. The molecule has 1 saturated heterocycles. The number of hydrogen-bond donors (Lipinski definition) is 2. The van der Waals surface area contributed by atoms with Crippen LogP contribution in [0, 0.1) is 5.41 Å². The van der Waals surface area contributed by atoms with Gasteiger partial charge in [-0.05, 0) is 39.0 Å². The Morgan fingerprint density at radius 1 is 1.30 bits per heavy atom. The third-order valence-corrected chi connectivity index (χ3v) is 3.41. The Balaban J connectivity index is 2.20. The lowest BCUT2D eigenvalue weighted by atomic mass is 9.87. The molecule has 0 aromatic heterocycles. The maximum Gasteiger partial charge on any atom is 0.410 e. The van der Waals surface area contributed by atoms with Crippen molar-refractivity contribution < 1.29 is 14.6 Å². The van der Waals surface area contributed by atoms with Crippen LogP contribution in [0.1, 0.15) is 47.5 Å². The lowest BCUT2D eigenvalue weighted by Crippen LogP contribution is -2.61. The Morgan fingerprint density at radius 3 is 2.40 bits per heavy atom. The van der Waals surface area contributed by atoms with Crippen molar-refractivity contribution in [1.29, 1.82) is 0 Å². The van der Waals surface area contributed by atoms with Crippen molar-refractivity contribution in [1.82, 2.24) is 10.2 Å². The van der Waals surface area contributed by atoms with E-state index >= 15 is 0 Å². The van der Waals surface area contributed by atoms with Gasteiger partial charge >= 0.3 is 6.09 Å². The number of carbonyl (C=O) groups excluding carboxylic acids is 1. The molecule has 1 aliphatic rings. The van der Waals surface area contributed by atoms with Gasteiger partial charge in [-0.2, -0.15) is 0 Å². The molecular formula is C15H30N2O3. The van der Waals surface area contributed by atoms with Gasteiger partial charge in [0, 0.05) is 32.3 Å². The topological polar surface area (TPSA) is 61.8 Å². The summed E-state index contributed by atoms with van der Waals surface area (Å²) >= 11 is 0. The van der Waals surface area contributed by atoms with Gasteiger partial charge in [-0.25, -0.2) is 4.79 Å². The number of nitrogens with zero attached hydrogens (tertiary/aromatic N) is 1. The lowest BCUT2D eigenvalue weighted by Gasteiger charge is -2.41. The molecule has 0 spiro atoms. The number of rotatable bonds is 6. The molecule has 5 heteroatoms. The summed E-state index contributed by atoms with van der Waals surface area (Å²) in [6, 6.07) is 0.357. The normalized spacial score (nSPS) is 17.0. The minimum atomic E-state index is -0.429. The van der Waals surface area contributed by atoms with E-state index in [1.807, 2.05) is 20.8 Å². The minimum Gasteiger partial charge on any atom is -0.444 e. The van der Waals surface area contributed by atoms with Crippen LogP contribution in [0.25, 0.3) is 0 Å². The molecule has 1 fully saturated rings. The van der Waals surface area contributed by atoms with Crippen molar-refractivity contribution in [3.8, 4) is 0 Å². The summed E-state index contributed by atoms with van der Waals surface area (Å²) in [7, 11) is 0. The minimum absolute atomic E-state index is 0.176. The molecule has 1 aliphatic heterocycles. The Labute approximate surface area is 122 Å². The Morgan fingerprint density at radius 2 is 1.90 bits per heavy atom. The van der Waals surface area contributed by atoms with E-state index in [1.54, 1.807) is 4.90 Å². The van der Waals surface area contributed by atoms with Gasteiger partial charge in [-0.15, -0.1) is 0 Å². The van der Waals surface area contributed by atoms with E-state index in [4.69, 9.17) is 9.84 Å². The van der Waals surface area contributed by atoms with Gasteiger partial charge in [0.1, 0.15) is 5.60 Å². The second-order valence-corrected chi connectivity index (χ2v) is 7.45. The van der Waals surface area contributed by atoms with E-state index in [9.17, 15) is 4.79 Å². The van der Waals surface area contributed by atoms with Crippen LogP contribution in [-0.4, -0.2) is 54.0 Å². The molecule has 1 amide bonds. The summed E-state index contributed by atoms with van der Waals surface area (Å²) in [4.78, 5) is 13.5. The number of aliphatic hydroxyl groups excluding tert-OH is 1. The fourth-order valence-corrected chi connectivity index (χ4v) is 2.15. The predicted octanol–water partition coefficient (Wildman–Crippen LogP) is 1.99. The number of carbonyl (C=O) groups is 1. The summed E-state index contributed by atoms with van der Waals surface area (Å²) < 4.78 is 5.32. The molecule has 0 bridgehead atoms. The number of ether oxygens (including phenoxy) is 1. The summed E-state index contributed by atoms with van der Waals surface area (Å²) in [5.41, 5.74) is -0.253. The molecule has 2 N–H and O–H groups in total.